The van der Waals surface area contributed by atoms with E-state index in [2.05, 4.69) is 39.3 Å². The summed E-state index contributed by atoms with van der Waals surface area (Å²) in [5.41, 5.74) is 2.89. The number of aromatic nitrogens is 2. The van der Waals surface area contributed by atoms with Gasteiger partial charge in [0.05, 0.1) is 17.9 Å². The maximum atomic E-state index is 13.0. The number of morpholine rings is 1. The van der Waals surface area contributed by atoms with Crippen molar-refractivity contribution < 1.29 is 14.3 Å². The number of anilines is 1. The number of amides is 2. The van der Waals surface area contributed by atoms with Gasteiger partial charge in [-0.15, -0.1) is 11.3 Å². The molecule has 3 atom stereocenters. The van der Waals surface area contributed by atoms with Crippen molar-refractivity contribution in [3.8, 4) is 0 Å². The molecule has 1 aliphatic heterocycles. The molecule has 1 saturated heterocycles. The molecule has 32 heavy (non-hydrogen) atoms. The predicted molar refractivity (Wildman–Crippen MR) is 126 cm³/mol. The first-order valence-electron chi connectivity index (χ1n) is 10.8. The van der Waals surface area contributed by atoms with Crippen molar-refractivity contribution in [2.75, 3.05) is 18.4 Å². The normalized spacial score (nSPS) is 20.2. The number of benzene rings is 1. The van der Waals surface area contributed by atoms with Gasteiger partial charge in [0.15, 0.2) is 5.13 Å². The maximum Gasteiger partial charge on any atom is 0.249 e. The van der Waals surface area contributed by atoms with Crippen molar-refractivity contribution in [1.82, 2.24) is 20.2 Å². The van der Waals surface area contributed by atoms with Crippen molar-refractivity contribution in [3.63, 3.8) is 0 Å². The summed E-state index contributed by atoms with van der Waals surface area (Å²) in [5.74, 6) is -0.527. The highest BCUT2D eigenvalue weighted by Crippen LogP contribution is 2.22. The summed E-state index contributed by atoms with van der Waals surface area (Å²) in [5, 5.41) is 9.20. The van der Waals surface area contributed by atoms with Crippen LogP contribution in [0, 0.1) is 0 Å². The van der Waals surface area contributed by atoms with Crippen molar-refractivity contribution in [3.05, 3.63) is 47.1 Å². The molecular formula is C23H29N5O3S. The first-order chi connectivity index (χ1) is 15.4. The number of nitrogens with one attached hydrogen (secondary N) is 3. The van der Waals surface area contributed by atoms with Gasteiger partial charge in [-0.25, -0.2) is 4.98 Å². The third-order valence-corrected chi connectivity index (χ3v) is 6.26. The van der Waals surface area contributed by atoms with Crippen molar-refractivity contribution in [1.29, 1.82) is 0 Å². The lowest BCUT2D eigenvalue weighted by atomic mass is 10.0. The minimum absolute atomic E-state index is 0.194. The van der Waals surface area contributed by atoms with E-state index >= 15 is 0 Å². The first kappa shape index (κ1) is 22.4. The Hall–Kier alpha value is -2.75. The number of H-pyrrole nitrogens is 1. The Morgan fingerprint density at radius 3 is 2.78 bits per heavy atom. The molecule has 170 valence electrons. The van der Waals surface area contributed by atoms with E-state index in [1.54, 1.807) is 0 Å². The molecule has 0 saturated carbocycles. The van der Waals surface area contributed by atoms with E-state index in [-0.39, 0.29) is 24.0 Å². The zero-order chi connectivity index (χ0) is 22.7. The van der Waals surface area contributed by atoms with Gasteiger partial charge in [0.1, 0.15) is 6.04 Å². The van der Waals surface area contributed by atoms with Crippen LogP contribution in [0.1, 0.15) is 32.0 Å². The molecule has 2 amide bonds. The third kappa shape index (κ3) is 5.53. The number of carbonyl (C=O) groups is 2. The van der Waals surface area contributed by atoms with Crippen LogP contribution in [0.2, 0.25) is 0 Å². The van der Waals surface area contributed by atoms with Gasteiger partial charge in [0.2, 0.25) is 11.8 Å². The van der Waals surface area contributed by atoms with Crippen molar-refractivity contribution in [2.24, 2.45) is 0 Å². The molecule has 0 bridgehead atoms. The molecule has 2 aromatic heterocycles. The van der Waals surface area contributed by atoms with Gasteiger partial charge < -0.3 is 20.4 Å². The van der Waals surface area contributed by atoms with E-state index < -0.39 is 6.04 Å². The molecular weight excluding hydrogens is 426 g/mol. The average Bonchev–Trinajstić information content (AvgIpc) is 3.33. The second kappa shape index (κ2) is 9.81. The number of para-hydroxylation sites is 1. The van der Waals surface area contributed by atoms with E-state index in [4.69, 9.17) is 4.74 Å². The molecule has 0 aliphatic carbocycles. The van der Waals surface area contributed by atoms with Gasteiger partial charge >= 0.3 is 0 Å². The zero-order valence-corrected chi connectivity index (χ0v) is 19.4. The second-order valence-electron chi connectivity index (χ2n) is 8.40. The lowest BCUT2D eigenvalue weighted by Gasteiger charge is -2.34. The number of aromatic amines is 1. The number of ether oxygens (including phenoxy) is 1. The van der Waals surface area contributed by atoms with Crippen LogP contribution in [0.4, 0.5) is 5.13 Å². The number of carbonyl (C=O) groups excluding carboxylic acids is 2. The molecule has 1 fully saturated rings. The topological polar surface area (TPSA) is 99.3 Å². The maximum absolute atomic E-state index is 13.0. The van der Waals surface area contributed by atoms with Crippen LogP contribution in [0.25, 0.3) is 10.9 Å². The summed E-state index contributed by atoms with van der Waals surface area (Å²) in [6, 6.07) is 7.21. The van der Waals surface area contributed by atoms with E-state index in [1.165, 1.54) is 18.3 Å². The Labute approximate surface area is 191 Å². The number of hydrogen-bond donors (Lipinski definition) is 3. The van der Waals surface area contributed by atoms with Gasteiger partial charge in [0.25, 0.3) is 0 Å². The van der Waals surface area contributed by atoms with Crippen LogP contribution in [-0.2, 0) is 27.3 Å². The van der Waals surface area contributed by atoms with Crippen LogP contribution in [-0.4, -0.2) is 58.0 Å². The third-order valence-electron chi connectivity index (χ3n) is 5.46. The van der Waals surface area contributed by atoms with E-state index in [0.717, 1.165) is 41.8 Å². The predicted octanol–water partition coefficient (Wildman–Crippen LogP) is 2.92. The highest BCUT2D eigenvalue weighted by Gasteiger charge is 2.24. The minimum Gasteiger partial charge on any atom is -0.373 e. The molecule has 0 spiro atoms. The lowest BCUT2D eigenvalue weighted by Crippen LogP contribution is -2.45. The summed E-state index contributed by atoms with van der Waals surface area (Å²) in [6.07, 6.45) is 2.66. The molecule has 3 heterocycles. The van der Waals surface area contributed by atoms with Gasteiger partial charge in [-0.3, -0.25) is 14.5 Å². The summed E-state index contributed by atoms with van der Waals surface area (Å²) >= 11 is 1.40. The van der Waals surface area contributed by atoms with Gasteiger partial charge in [-0.2, -0.15) is 0 Å². The molecule has 3 N–H and O–H groups in total. The number of fused-ring (bicyclic) bond motifs is 1. The highest BCUT2D eigenvalue weighted by atomic mass is 32.1. The Morgan fingerprint density at radius 1 is 1.28 bits per heavy atom. The lowest BCUT2D eigenvalue weighted by molar-refractivity contribution is -0.125. The first-order valence-corrected chi connectivity index (χ1v) is 11.7. The fourth-order valence-corrected chi connectivity index (χ4v) is 4.95. The summed E-state index contributed by atoms with van der Waals surface area (Å²) in [4.78, 5) is 34.9. The van der Waals surface area contributed by atoms with Crippen LogP contribution < -0.4 is 10.6 Å². The van der Waals surface area contributed by atoms with E-state index in [9.17, 15) is 9.59 Å². The Morgan fingerprint density at radius 2 is 2.03 bits per heavy atom. The van der Waals surface area contributed by atoms with Crippen molar-refractivity contribution >= 4 is 39.2 Å². The van der Waals surface area contributed by atoms with Gasteiger partial charge in [-0.1, -0.05) is 18.2 Å². The van der Waals surface area contributed by atoms with Crippen LogP contribution in [0.3, 0.4) is 0 Å². The van der Waals surface area contributed by atoms with Crippen LogP contribution >= 0.6 is 11.3 Å². The standard InChI is InChI=1S/C23H29N5O3S/c1-14-10-28(11-15(2)31-14)12-18-13-32-23(26-18)27-22(30)21(25-16(3)29)8-17-9-24-20-7-5-4-6-19(17)20/h4-7,9,13-15,21,24H,8,10-12H2,1-3H3,(H,25,29)(H,26,27,30). The minimum atomic E-state index is -0.694. The highest BCUT2D eigenvalue weighted by molar-refractivity contribution is 7.13. The largest absolute Gasteiger partial charge is 0.373 e. The molecule has 0 radical (unpaired) electrons. The summed E-state index contributed by atoms with van der Waals surface area (Å²) in [6.45, 7) is 8.00. The fourth-order valence-electron chi connectivity index (χ4n) is 4.25. The van der Waals surface area contributed by atoms with Crippen LogP contribution in [0.5, 0.6) is 0 Å². The van der Waals surface area contributed by atoms with Gasteiger partial charge in [0, 0.05) is 55.5 Å². The summed E-state index contributed by atoms with van der Waals surface area (Å²) in [7, 11) is 0. The number of rotatable bonds is 7. The Kier molecular flexibility index (Phi) is 6.88. The zero-order valence-electron chi connectivity index (χ0n) is 18.6. The Balaban J connectivity index is 1.41. The van der Waals surface area contributed by atoms with E-state index in [1.807, 2.05) is 35.8 Å². The smallest absolute Gasteiger partial charge is 0.249 e. The fraction of sp³-hybridized carbons (Fsp3) is 0.435. The monoisotopic (exact) mass is 455 g/mol. The molecule has 8 nitrogen and oxygen atoms in total. The molecule has 1 aliphatic rings. The van der Waals surface area contributed by atoms with E-state index in [0.29, 0.717) is 11.6 Å². The molecule has 9 heteroatoms. The number of thiazole rings is 1. The molecule has 1 aromatic carbocycles. The molecule has 4 rings (SSSR count). The van der Waals surface area contributed by atoms with Crippen LogP contribution in [0.15, 0.2) is 35.8 Å². The Bertz CT molecular complexity index is 1080. The number of nitrogens with zero attached hydrogens (tertiary/aromatic N) is 2. The molecule has 3 aromatic rings. The second-order valence-corrected chi connectivity index (χ2v) is 9.26. The number of hydrogen-bond acceptors (Lipinski definition) is 6. The quantitative estimate of drug-likeness (QED) is 0.509. The van der Waals surface area contributed by atoms with Gasteiger partial charge in [-0.05, 0) is 25.5 Å². The molecule has 3 unspecified atom stereocenters. The summed E-state index contributed by atoms with van der Waals surface area (Å²) < 4.78 is 5.79. The van der Waals surface area contributed by atoms with Crippen molar-refractivity contribution in [2.45, 2.75) is 52.0 Å². The average molecular weight is 456 g/mol. The SMILES string of the molecule is CC(=O)NC(Cc1c[nH]c2ccccc12)C(=O)Nc1nc(CN2CC(C)OC(C)C2)cs1.